The Morgan fingerprint density at radius 1 is 0.545 bits per heavy atom. The number of anilines is 6. The number of hydrazone groups is 1. The van der Waals surface area contributed by atoms with Gasteiger partial charge in [0, 0.05) is 23.5 Å². The summed E-state index contributed by atoms with van der Waals surface area (Å²) in [5, 5.41) is 14.4. The number of nitrogens with one attached hydrogen (secondary N) is 4. The highest BCUT2D eigenvalue weighted by Crippen LogP contribution is 2.28. The van der Waals surface area contributed by atoms with E-state index in [0.717, 1.165) is 57.6 Å². The topological polar surface area (TPSA) is 127 Å². The molecule has 6 rings (SSSR count). The van der Waals surface area contributed by atoms with Crippen LogP contribution in [0.15, 0.2) is 102 Å². The molecule has 11 heteroatoms. The SMILES string of the molecule is COc1ccc(Nc2nc(Nc3ccc(OC)cc3)nc(Nc3ccc(C4=NNC(c5ccc(OC)cc5)C4)cc3)n2)cc1. The Bertz CT molecular complexity index is 1660. The maximum Gasteiger partial charge on any atom is 0.233 e. The molecule has 0 saturated heterocycles. The number of benzene rings is 4. The van der Waals surface area contributed by atoms with Crippen LogP contribution in [0.25, 0.3) is 0 Å². The summed E-state index contributed by atoms with van der Waals surface area (Å²) < 4.78 is 15.8. The molecular formula is C33H32N8O3. The smallest absolute Gasteiger partial charge is 0.233 e. The highest BCUT2D eigenvalue weighted by Gasteiger charge is 2.21. The molecule has 0 radical (unpaired) electrons. The fraction of sp³-hybridized carbons (Fsp3) is 0.152. The number of nitrogens with zero attached hydrogens (tertiary/aromatic N) is 4. The molecule has 0 aliphatic carbocycles. The first kappa shape index (κ1) is 28.3. The van der Waals surface area contributed by atoms with Crippen molar-refractivity contribution in [3.05, 3.63) is 108 Å². The summed E-state index contributed by atoms with van der Waals surface area (Å²) in [6.45, 7) is 0. The maximum absolute atomic E-state index is 5.28. The van der Waals surface area contributed by atoms with Gasteiger partial charge in [0.05, 0.1) is 33.1 Å². The molecule has 4 aromatic carbocycles. The van der Waals surface area contributed by atoms with Crippen molar-refractivity contribution in [2.45, 2.75) is 12.5 Å². The first-order valence-corrected chi connectivity index (χ1v) is 14.0. The molecule has 0 spiro atoms. The zero-order valence-electron chi connectivity index (χ0n) is 24.5. The average Bonchev–Trinajstić information content (AvgIpc) is 3.56. The van der Waals surface area contributed by atoms with Crippen molar-refractivity contribution < 1.29 is 14.2 Å². The van der Waals surface area contributed by atoms with Crippen molar-refractivity contribution in [1.29, 1.82) is 0 Å². The van der Waals surface area contributed by atoms with Crippen LogP contribution in [0.3, 0.4) is 0 Å². The highest BCUT2D eigenvalue weighted by atomic mass is 16.5. The van der Waals surface area contributed by atoms with Gasteiger partial charge in [0.1, 0.15) is 17.2 Å². The second-order valence-corrected chi connectivity index (χ2v) is 9.93. The average molecular weight is 589 g/mol. The fourth-order valence-corrected chi connectivity index (χ4v) is 4.68. The summed E-state index contributed by atoms with van der Waals surface area (Å²) in [7, 11) is 4.93. The molecule has 1 unspecified atom stereocenters. The molecule has 0 saturated carbocycles. The van der Waals surface area contributed by atoms with Crippen molar-refractivity contribution in [3.63, 3.8) is 0 Å². The molecule has 1 aliphatic heterocycles. The summed E-state index contributed by atoms with van der Waals surface area (Å²) in [6.07, 6.45) is 0.785. The van der Waals surface area contributed by atoms with Gasteiger partial charge in [-0.15, -0.1) is 0 Å². The van der Waals surface area contributed by atoms with E-state index in [1.165, 1.54) is 0 Å². The monoisotopic (exact) mass is 588 g/mol. The van der Waals surface area contributed by atoms with E-state index in [-0.39, 0.29) is 6.04 Å². The third kappa shape index (κ3) is 6.79. The first-order valence-electron chi connectivity index (χ1n) is 14.0. The van der Waals surface area contributed by atoms with E-state index >= 15 is 0 Å². The second-order valence-electron chi connectivity index (χ2n) is 9.93. The van der Waals surface area contributed by atoms with Crippen LogP contribution in [-0.4, -0.2) is 42.0 Å². The van der Waals surface area contributed by atoms with Gasteiger partial charge in [-0.25, -0.2) is 0 Å². The molecule has 4 N–H and O–H groups in total. The number of aromatic nitrogens is 3. The lowest BCUT2D eigenvalue weighted by Gasteiger charge is -2.12. The summed E-state index contributed by atoms with van der Waals surface area (Å²) >= 11 is 0. The van der Waals surface area contributed by atoms with Crippen LogP contribution in [-0.2, 0) is 0 Å². The number of rotatable bonds is 11. The van der Waals surface area contributed by atoms with E-state index in [0.29, 0.717) is 17.8 Å². The predicted octanol–water partition coefficient (Wildman–Crippen LogP) is 6.57. The van der Waals surface area contributed by atoms with Crippen LogP contribution < -0.4 is 35.6 Å². The Labute approximate surface area is 255 Å². The van der Waals surface area contributed by atoms with Gasteiger partial charge in [0.25, 0.3) is 0 Å². The minimum atomic E-state index is 0.118. The highest BCUT2D eigenvalue weighted by molar-refractivity contribution is 6.02. The Morgan fingerprint density at radius 3 is 1.34 bits per heavy atom. The van der Waals surface area contributed by atoms with Crippen LogP contribution in [0.5, 0.6) is 17.2 Å². The Hall–Kier alpha value is -5.84. The molecule has 222 valence electrons. The Morgan fingerprint density at radius 2 is 0.932 bits per heavy atom. The van der Waals surface area contributed by atoms with Gasteiger partial charge < -0.3 is 35.6 Å². The number of hydrogen-bond acceptors (Lipinski definition) is 11. The largest absolute Gasteiger partial charge is 0.497 e. The molecule has 11 nitrogen and oxygen atoms in total. The van der Waals surface area contributed by atoms with Crippen molar-refractivity contribution in [3.8, 4) is 17.2 Å². The van der Waals surface area contributed by atoms with Gasteiger partial charge in [0.2, 0.25) is 17.8 Å². The van der Waals surface area contributed by atoms with Crippen molar-refractivity contribution in [1.82, 2.24) is 20.4 Å². The normalized spacial score (nSPS) is 13.8. The standard InChI is InChI=1S/C33H32N8O3/c1-42-26-14-6-22(7-15-26)30-20-29(40-41-30)21-4-8-23(9-5-21)34-31-37-32(35-24-10-16-27(43-2)17-11-24)39-33(38-31)36-25-12-18-28(44-3)19-13-25/h4-19,30,41H,20H2,1-3H3,(H3,34,35,36,37,38,39). The Kier molecular flexibility index (Phi) is 8.35. The van der Waals surface area contributed by atoms with E-state index < -0.39 is 0 Å². The molecule has 1 aromatic heterocycles. The lowest BCUT2D eigenvalue weighted by Crippen LogP contribution is -2.09. The molecule has 0 fully saturated rings. The molecular weight excluding hydrogens is 556 g/mol. The maximum atomic E-state index is 5.28. The zero-order chi connectivity index (χ0) is 30.3. The molecule has 5 aromatic rings. The third-order valence-corrected chi connectivity index (χ3v) is 7.07. The van der Waals surface area contributed by atoms with E-state index in [2.05, 4.69) is 53.6 Å². The fourth-order valence-electron chi connectivity index (χ4n) is 4.68. The van der Waals surface area contributed by atoms with Crippen LogP contribution in [0.2, 0.25) is 0 Å². The Balaban J connectivity index is 1.18. The number of methoxy groups -OCH3 is 3. The van der Waals surface area contributed by atoms with Crippen LogP contribution >= 0.6 is 0 Å². The van der Waals surface area contributed by atoms with E-state index in [1.807, 2.05) is 84.9 Å². The van der Waals surface area contributed by atoms with Crippen molar-refractivity contribution >= 4 is 40.6 Å². The van der Waals surface area contributed by atoms with Gasteiger partial charge in [-0.3, -0.25) is 0 Å². The molecule has 0 amide bonds. The third-order valence-electron chi connectivity index (χ3n) is 7.07. The van der Waals surface area contributed by atoms with E-state index in [4.69, 9.17) is 14.2 Å². The predicted molar refractivity (Wildman–Crippen MR) is 172 cm³/mol. The van der Waals surface area contributed by atoms with Crippen LogP contribution in [0, 0.1) is 0 Å². The van der Waals surface area contributed by atoms with Crippen LogP contribution in [0.1, 0.15) is 23.6 Å². The lowest BCUT2D eigenvalue weighted by molar-refractivity contribution is 0.414. The van der Waals surface area contributed by atoms with Crippen molar-refractivity contribution in [2.75, 3.05) is 37.3 Å². The van der Waals surface area contributed by atoms with Gasteiger partial charge in [-0.1, -0.05) is 24.3 Å². The number of ether oxygens (including phenoxy) is 3. The molecule has 44 heavy (non-hydrogen) atoms. The summed E-state index contributed by atoms with van der Waals surface area (Å²) in [4.78, 5) is 13.8. The minimum absolute atomic E-state index is 0.118. The van der Waals surface area contributed by atoms with Gasteiger partial charge >= 0.3 is 0 Å². The molecule has 2 heterocycles. The summed E-state index contributed by atoms with van der Waals surface area (Å²) in [5.74, 6) is 3.47. The second kappa shape index (κ2) is 13.0. The van der Waals surface area contributed by atoms with Gasteiger partial charge in [-0.05, 0) is 83.9 Å². The summed E-state index contributed by atoms with van der Waals surface area (Å²) in [6, 6.07) is 31.2. The van der Waals surface area contributed by atoms with Gasteiger partial charge in [0.15, 0.2) is 0 Å². The lowest BCUT2D eigenvalue weighted by atomic mass is 9.99. The number of hydrogen-bond donors (Lipinski definition) is 4. The zero-order valence-corrected chi connectivity index (χ0v) is 24.5. The van der Waals surface area contributed by atoms with Crippen molar-refractivity contribution in [2.24, 2.45) is 5.10 Å². The quantitative estimate of drug-likeness (QED) is 0.135. The van der Waals surface area contributed by atoms with E-state index in [1.54, 1.807) is 21.3 Å². The molecule has 1 atom stereocenters. The summed E-state index contributed by atoms with van der Waals surface area (Å²) in [5.41, 5.74) is 8.89. The minimum Gasteiger partial charge on any atom is -0.497 e. The van der Waals surface area contributed by atoms with Crippen LogP contribution in [0.4, 0.5) is 34.9 Å². The van der Waals surface area contributed by atoms with Gasteiger partial charge in [-0.2, -0.15) is 20.1 Å². The first-order chi connectivity index (χ1) is 21.6. The molecule has 0 bridgehead atoms. The molecule has 1 aliphatic rings. The van der Waals surface area contributed by atoms with E-state index in [9.17, 15) is 0 Å².